The van der Waals surface area contributed by atoms with Gasteiger partial charge in [0, 0.05) is 19.3 Å². The van der Waals surface area contributed by atoms with E-state index in [4.69, 9.17) is 0 Å². The molecule has 0 rings (SSSR count). The molecule has 60 valence electrons. The first-order chi connectivity index (χ1) is 4.70. The molecular weight excluding hydrogens is 129 g/mol. The van der Waals surface area contributed by atoms with Crippen LogP contribution in [-0.4, -0.2) is 18.0 Å². The molecule has 0 saturated carbocycles. The van der Waals surface area contributed by atoms with Crippen LogP contribution in [0.4, 0.5) is 4.39 Å². The van der Waals surface area contributed by atoms with Gasteiger partial charge in [-0.05, 0) is 20.3 Å². The lowest BCUT2D eigenvalue weighted by atomic mass is 10.4. The van der Waals surface area contributed by atoms with Gasteiger partial charge >= 0.3 is 0 Å². The van der Waals surface area contributed by atoms with Crippen molar-refractivity contribution >= 4 is 0 Å². The molecule has 1 nitrogen and oxygen atoms in total. The largest absolute Gasteiger partial charge is 0.376 e. The highest BCUT2D eigenvalue weighted by Gasteiger charge is 1.93. The second-order valence-corrected chi connectivity index (χ2v) is 2.34. The van der Waals surface area contributed by atoms with E-state index in [1.807, 2.05) is 11.8 Å². The lowest BCUT2D eigenvalue weighted by Crippen LogP contribution is -2.17. The Bertz CT molecular complexity index is 106. The molecule has 0 atom stereocenters. The van der Waals surface area contributed by atoms with Crippen molar-refractivity contribution in [3.63, 3.8) is 0 Å². The van der Waals surface area contributed by atoms with E-state index >= 15 is 0 Å². The average molecular weight is 145 g/mol. The molecule has 0 saturated heterocycles. The molecule has 0 aromatic carbocycles. The molecule has 0 aromatic rings. The van der Waals surface area contributed by atoms with Gasteiger partial charge in [0.2, 0.25) is 0 Å². The molecule has 0 bridgehead atoms. The molecule has 0 aliphatic heterocycles. The minimum atomic E-state index is -0.115. The zero-order valence-electron chi connectivity index (χ0n) is 7.02. The molecule has 0 unspecified atom stereocenters. The fourth-order valence-corrected chi connectivity index (χ4v) is 0.853. The monoisotopic (exact) mass is 145 g/mol. The number of hydrogen-bond donors (Lipinski definition) is 0. The van der Waals surface area contributed by atoms with Crippen molar-refractivity contribution in [2.24, 2.45) is 0 Å². The summed E-state index contributed by atoms with van der Waals surface area (Å²) in [5.74, 6) is -0.115. The minimum absolute atomic E-state index is 0.115. The van der Waals surface area contributed by atoms with Crippen LogP contribution in [0.5, 0.6) is 0 Å². The summed E-state index contributed by atoms with van der Waals surface area (Å²) in [4.78, 5) is 1.97. The van der Waals surface area contributed by atoms with Crippen LogP contribution in [-0.2, 0) is 0 Å². The van der Waals surface area contributed by atoms with E-state index in [9.17, 15) is 4.39 Å². The summed E-state index contributed by atoms with van der Waals surface area (Å²) in [6, 6.07) is 0. The Balaban J connectivity index is 3.71. The van der Waals surface area contributed by atoms with Crippen LogP contribution in [0.1, 0.15) is 27.2 Å². The van der Waals surface area contributed by atoms with Gasteiger partial charge in [0.05, 0.1) is 0 Å². The van der Waals surface area contributed by atoms with E-state index in [1.54, 1.807) is 6.20 Å². The maximum absolute atomic E-state index is 12.3. The summed E-state index contributed by atoms with van der Waals surface area (Å²) in [6.45, 7) is 7.41. The molecule has 10 heavy (non-hydrogen) atoms. The van der Waals surface area contributed by atoms with Crippen LogP contribution >= 0.6 is 0 Å². The Kier molecular flexibility index (Phi) is 4.99. The SMILES string of the molecule is CCCN(/C=C(/C)F)CC. The fourth-order valence-electron chi connectivity index (χ4n) is 0.853. The molecule has 0 fully saturated rings. The number of hydrogen-bond acceptors (Lipinski definition) is 1. The molecule has 0 N–H and O–H groups in total. The Labute approximate surface area is 62.5 Å². The van der Waals surface area contributed by atoms with E-state index in [2.05, 4.69) is 6.92 Å². The van der Waals surface area contributed by atoms with Gasteiger partial charge < -0.3 is 4.90 Å². The van der Waals surface area contributed by atoms with Crippen molar-refractivity contribution in [1.29, 1.82) is 0 Å². The third kappa shape index (κ3) is 4.36. The molecule has 0 aliphatic carbocycles. The normalized spacial score (nSPS) is 11.8. The summed E-state index contributed by atoms with van der Waals surface area (Å²) >= 11 is 0. The molecule has 0 spiro atoms. The highest BCUT2D eigenvalue weighted by atomic mass is 19.1. The summed E-state index contributed by atoms with van der Waals surface area (Å²) < 4.78 is 12.3. The van der Waals surface area contributed by atoms with Crippen LogP contribution < -0.4 is 0 Å². The van der Waals surface area contributed by atoms with Gasteiger partial charge in [-0.25, -0.2) is 4.39 Å². The van der Waals surface area contributed by atoms with Crippen LogP contribution in [0, 0.1) is 0 Å². The molecule has 0 amide bonds. The molecule has 0 radical (unpaired) electrons. The van der Waals surface area contributed by atoms with Crippen LogP contribution in [0.2, 0.25) is 0 Å². The Morgan fingerprint density at radius 2 is 2.10 bits per heavy atom. The van der Waals surface area contributed by atoms with Gasteiger partial charge in [0.15, 0.2) is 0 Å². The molecule has 2 heteroatoms. The van der Waals surface area contributed by atoms with Gasteiger partial charge in [-0.3, -0.25) is 0 Å². The van der Waals surface area contributed by atoms with E-state index in [0.717, 1.165) is 19.5 Å². The van der Waals surface area contributed by atoms with E-state index in [1.165, 1.54) is 6.92 Å². The highest BCUT2D eigenvalue weighted by Crippen LogP contribution is 1.98. The van der Waals surface area contributed by atoms with Gasteiger partial charge in [-0.2, -0.15) is 0 Å². The van der Waals surface area contributed by atoms with Gasteiger partial charge in [0.25, 0.3) is 0 Å². The number of allylic oxidation sites excluding steroid dienone is 1. The second-order valence-electron chi connectivity index (χ2n) is 2.34. The van der Waals surface area contributed by atoms with Gasteiger partial charge in [-0.1, -0.05) is 6.92 Å². The number of rotatable bonds is 4. The summed E-state index contributed by atoms with van der Waals surface area (Å²) in [5, 5.41) is 0. The van der Waals surface area contributed by atoms with E-state index in [-0.39, 0.29) is 5.83 Å². The van der Waals surface area contributed by atoms with Crippen molar-refractivity contribution in [3.8, 4) is 0 Å². The fraction of sp³-hybridized carbons (Fsp3) is 0.750. The third-order valence-corrected chi connectivity index (χ3v) is 1.28. The highest BCUT2D eigenvalue weighted by molar-refractivity contribution is 4.85. The van der Waals surface area contributed by atoms with Crippen LogP contribution in [0.15, 0.2) is 12.0 Å². The minimum Gasteiger partial charge on any atom is -0.376 e. The first kappa shape index (κ1) is 9.47. The van der Waals surface area contributed by atoms with Crippen molar-refractivity contribution in [2.75, 3.05) is 13.1 Å². The Hall–Kier alpha value is -0.530. The summed E-state index contributed by atoms with van der Waals surface area (Å²) in [6.07, 6.45) is 2.63. The molecule has 0 heterocycles. The quantitative estimate of drug-likeness (QED) is 0.587. The first-order valence-electron chi connectivity index (χ1n) is 3.78. The van der Waals surface area contributed by atoms with Crippen molar-refractivity contribution < 1.29 is 4.39 Å². The maximum Gasteiger partial charge on any atom is 0.113 e. The number of halogens is 1. The topological polar surface area (TPSA) is 3.24 Å². The lowest BCUT2D eigenvalue weighted by Gasteiger charge is -2.16. The summed E-state index contributed by atoms with van der Waals surface area (Å²) in [7, 11) is 0. The average Bonchev–Trinajstić information content (AvgIpc) is 1.86. The van der Waals surface area contributed by atoms with Gasteiger partial charge in [0.1, 0.15) is 5.83 Å². The van der Waals surface area contributed by atoms with Crippen molar-refractivity contribution in [3.05, 3.63) is 12.0 Å². The zero-order chi connectivity index (χ0) is 7.98. The molecular formula is C8H16FN. The van der Waals surface area contributed by atoms with Crippen LogP contribution in [0.25, 0.3) is 0 Å². The summed E-state index contributed by atoms with van der Waals surface area (Å²) in [5.41, 5.74) is 0. The smallest absolute Gasteiger partial charge is 0.113 e. The van der Waals surface area contributed by atoms with E-state index in [0.29, 0.717) is 0 Å². The lowest BCUT2D eigenvalue weighted by molar-refractivity contribution is 0.382. The standard InChI is InChI=1S/C8H16FN/c1-4-6-10(5-2)7-8(3)9/h7H,4-6H2,1-3H3/b8-7-. The third-order valence-electron chi connectivity index (χ3n) is 1.28. The zero-order valence-corrected chi connectivity index (χ0v) is 7.02. The predicted octanol–water partition coefficient (Wildman–Crippen LogP) is 2.55. The maximum atomic E-state index is 12.3. The molecule has 0 aromatic heterocycles. The van der Waals surface area contributed by atoms with E-state index < -0.39 is 0 Å². The second kappa shape index (κ2) is 5.27. The van der Waals surface area contributed by atoms with Crippen molar-refractivity contribution in [2.45, 2.75) is 27.2 Å². The van der Waals surface area contributed by atoms with Crippen LogP contribution in [0.3, 0.4) is 0 Å². The molecule has 0 aliphatic rings. The Morgan fingerprint density at radius 3 is 2.40 bits per heavy atom. The van der Waals surface area contributed by atoms with Gasteiger partial charge in [-0.15, -0.1) is 0 Å². The number of nitrogens with zero attached hydrogens (tertiary/aromatic N) is 1. The first-order valence-corrected chi connectivity index (χ1v) is 3.78. The van der Waals surface area contributed by atoms with Crippen molar-refractivity contribution in [1.82, 2.24) is 4.90 Å². The Morgan fingerprint density at radius 1 is 1.50 bits per heavy atom. The predicted molar refractivity (Wildman–Crippen MR) is 42.4 cm³/mol.